The van der Waals surface area contributed by atoms with E-state index in [-0.39, 0.29) is 63.0 Å². The number of alkyl halides is 1. The van der Waals surface area contributed by atoms with E-state index in [1.807, 2.05) is 0 Å². The predicted molar refractivity (Wildman–Crippen MR) is 50.1 cm³/mol. The van der Waals surface area contributed by atoms with Crippen molar-refractivity contribution in [2.75, 3.05) is 13.2 Å². The van der Waals surface area contributed by atoms with Crippen LogP contribution in [-0.4, -0.2) is 41.3 Å². The molecule has 1 heterocycles. The summed E-state index contributed by atoms with van der Waals surface area (Å²) in [6, 6.07) is -0.599. The number of aliphatic hydroxyl groups excluding tert-OH is 1. The predicted octanol–water partition coefficient (Wildman–Crippen LogP) is 0.0149. The molecular formula is C9H13FN2O3U. The minimum absolute atomic E-state index is 0. The Morgan fingerprint density at radius 2 is 2.25 bits per heavy atom. The van der Waals surface area contributed by atoms with Crippen LogP contribution in [0.3, 0.4) is 0 Å². The van der Waals surface area contributed by atoms with Crippen LogP contribution in [0.25, 0.3) is 0 Å². The number of nitrogens with zero attached hydrogens (tertiary/aromatic N) is 1. The smallest absolute Gasteiger partial charge is 0.471 e. The van der Waals surface area contributed by atoms with Gasteiger partial charge in [-0.15, -0.1) is 0 Å². The topological polar surface area (TPSA) is 69.6 Å². The van der Waals surface area contributed by atoms with Crippen LogP contribution in [0, 0.1) is 44.1 Å². The van der Waals surface area contributed by atoms with E-state index in [4.69, 9.17) is 5.11 Å². The van der Waals surface area contributed by atoms with Crippen molar-refractivity contribution in [3.63, 3.8) is 0 Å². The van der Waals surface area contributed by atoms with Crippen LogP contribution in [0.4, 0.5) is 9.18 Å². The molecule has 1 aliphatic heterocycles. The molecule has 1 fully saturated rings. The van der Waals surface area contributed by atoms with Crippen molar-refractivity contribution in [3.8, 4) is 0 Å². The van der Waals surface area contributed by atoms with Gasteiger partial charge in [0, 0.05) is 13.0 Å². The van der Waals surface area contributed by atoms with Gasteiger partial charge >= 0.3 is 31.1 Å². The summed E-state index contributed by atoms with van der Waals surface area (Å²) >= 11 is 0. The van der Waals surface area contributed by atoms with Crippen molar-refractivity contribution in [2.24, 2.45) is 0 Å². The van der Waals surface area contributed by atoms with E-state index < -0.39 is 12.2 Å². The molecule has 0 aromatic heterocycles. The number of amides is 3. The summed E-state index contributed by atoms with van der Waals surface area (Å²) in [6.45, 7) is 1.12. The number of carbonyl (C=O) groups excluding carboxylic acids is 2. The van der Waals surface area contributed by atoms with E-state index in [0.29, 0.717) is 0 Å². The van der Waals surface area contributed by atoms with Crippen molar-refractivity contribution >= 4 is 11.9 Å². The molecule has 0 unspecified atom stereocenters. The van der Waals surface area contributed by atoms with Gasteiger partial charge in [0.1, 0.15) is 0 Å². The normalized spacial score (nSPS) is 17.8. The van der Waals surface area contributed by atoms with Gasteiger partial charge in [-0.05, 0) is 6.17 Å². The molecule has 1 aliphatic rings. The van der Waals surface area contributed by atoms with Crippen molar-refractivity contribution in [1.29, 1.82) is 0 Å². The molecule has 16 heavy (non-hydrogen) atoms. The van der Waals surface area contributed by atoms with Gasteiger partial charge in [-0.3, -0.25) is 19.3 Å². The number of urea groups is 1. The fourth-order valence-corrected chi connectivity index (χ4v) is 1.21. The fraction of sp³-hybridized carbons (Fsp3) is 0.556. The summed E-state index contributed by atoms with van der Waals surface area (Å²) in [7, 11) is 0. The summed E-state index contributed by atoms with van der Waals surface area (Å²) < 4.78 is 13.1. The first-order chi connectivity index (χ1) is 7.13. The second kappa shape index (κ2) is 8.04. The van der Waals surface area contributed by atoms with E-state index in [2.05, 4.69) is 5.32 Å². The van der Waals surface area contributed by atoms with Crippen LogP contribution in [-0.2, 0) is 4.79 Å². The molecule has 0 radical (unpaired) electrons. The van der Waals surface area contributed by atoms with Gasteiger partial charge in [-0.1, -0.05) is 6.61 Å². The van der Waals surface area contributed by atoms with E-state index >= 15 is 0 Å². The van der Waals surface area contributed by atoms with Crippen LogP contribution in [0.1, 0.15) is 12.8 Å². The first kappa shape index (κ1) is 15.9. The molecule has 2 N–H and O–H groups in total. The zero-order valence-electron chi connectivity index (χ0n) is 8.65. The van der Waals surface area contributed by atoms with Crippen molar-refractivity contribution in [1.82, 2.24) is 10.2 Å². The van der Waals surface area contributed by atoms with Crippen LogP contribution >= 0.6 is 0 Å². The molecule has 0 saturated carbocycles. The molecule has 7 heteroatoms. The largest absolute Gasteiger partial charge is 2.00 e. The molecule has 1 atom stereocenters. The van der Waals surface area contributed by atoms with Crippen LogP contribution in [0.15, 0.2) is 0 Å². The monoisotopic (exact) mass is 454 g/mol. The average molecular weight is 454 g/mol. The van der Waals surface area contributed by atoms with Gasteiger partial charge in [0.15, 0.2) is 0 Å². The van der Waals surface area contributed by atoms with E-state index in [1.54, 1.807) is 0 Å². The van der Waals surface area contributed by atoms with Gasteiger partial charge in [0.25, 0.3) is 6.03 Å². The Hall–Kier alpha value is -0.118. The first-order valence-electron chi connectivity index (χ1n) is 4.65. The summed E-state index contributed by atoms with van der Waals surface area (Å²) in [6.07, 6.45) is 0.275. The van der Waals surface area contributed by atoms with Gasteiger partial charge in [0.2, 0.25) is 5.91 Å². The SMILES string of the molecule is O=C1CCN([CH-][C@@H](F)C[CH-]CO)C(=O)N1.[U+2]. The molecule has 0 aromatic carbocycles. The van der Waals surface area contributed by atoms with Gasteiger partial charge in [-0.2, -0.15) is 6.42 Å². The molecule has 0 aromatic rings. The number of carbonyl (C=O) groups is 2. The Bertz CT molecular complexity index is 253. The Labute approximate surface area is 117 Å². The third-order valence-corrected chi connectivity index (χ3v) is 1.95. The molecular weight excluding hydrogens is 441 g/mol. The van der Waals surface area contributed by atoms with Gasteiger partial charge in [0.05, 0.1) is 0 Å². The minimum Gasteiger partial charge on any atom is -0.471 e. The first-order valence-corrected chi connectivity index (χ1v) is 4.65. The number of imide groups is 1. The Kier molecular flexibility index (Phi) is 7.98. The number of rotatable bonds is 5. The molecule has 1 saturated heterocycles. The number of halogens is 1. The third-order valence-electron chi connectivity index (χ3n) is 1.95. The number of hydrogen-bond donors (Lipinski definition) is 2. The average Bonchev–Trinajstić information content (AvgIpc) is 2.19. The van der Waals surface area contributed by atoms with Gasteiger partial charge in [-0.25, -0.2) is 6.54 Å². The molecule has 0 aliphatic carbocycles. The molecule has 88 valence electrons. The second-order valence-electron chi connectivity index (χ2n) is 3.17. The number of nitrogens with one attached hydrogen (secondary N) is 1. The molecule has 1 rings (SSSR count). The summed E-state index contributed by atoms with van der Waals surface area (Å²) in [5.74, 6) is -0.345. The van der Waals surface area contributed by atoms with Crippen LogP contribution in [0.2, 0.25) is 0 Å². The number of aliphatic hydroxyl groups is 1. The Morgan fingerprint density at radius 3 is 2.81 bits per heavy atom. The maximum Gasteiger partial charge on any atom is 2.00 e. The standard InChI is InChI=1S/C9H13FN2O3.U/c10-7(2-1-5-13)6-12-4-3-8(14)11-9(12)15;/h1,6-7,13H,2-5H2,(H,11,14,15);/q-2;+2/t7-;/m0./s1. The summed E-state index contributed by atoms with van der Waals surface area (Å²) in [4.78, 5) is 23.1. The van der Waals surface area contributed by atoms with E-state index in [1.165, 1.54) is 6.42 Å². The van der Waals surface area contributed by atoms with E-state index in [9.17, 15) is 14.0 Å². The zero-order valence-corrected chi connectivity index (χ0v) is 12.8. The second-order valence-corrected chi connectivity index (χ2v) is 3.17. The molecule has 5 nitrogen and oxygen atoms in total. The van der Waals surface area contributed by atoms with Gasteiger partial charge < -0.3 is 16.4 Å². The third kappa shape index (κ3) is 5.28. The Morgan fingerprint density at radius 1 is 1.56 bits per heavy atom. The summed E-state index contributed by atoms with van der Waals surface area (Å²) in [5.41, 5.74) is 0. The van der Waals surface area contributed by atoms with Crippen LogP contribution in [0.5, 0.6) is 0 Å². The van der Waals surface area contributed by atoms with Crippen LogP contribution < -0.4 is 5.32 Å². The van der Waals surface area contributed by atoms with E-state index in [0.717, 1.165) is 11.4 Å². The van der Waals surface area contributed by atoms with Crippen molar-refractivity contribution in [3.05, 3.63) is 13.0 Å². The molecule has 0 spiro atoms. The maximum absolute atomic E-state index is 13.1. The maximum atomic E-state index is 13.1. The van der Waals surface area contributed by atoms with Crippen molar-refractivity contribution < 1.29 is 50.2 Å². The fourth-order valence-electron chi connectivity index (χ4n) is 1.21. The summed E-state index contributed by atoms with van der Waals surface area (Å²) in [5, 5.41) is 10.5. The Balaban J connectivity index is 0.00000225. The molecule has 3 amide bonds. The molecule has 0 bridgehead atoms. The zero-order chi connectivity index (χ0) is 11.3. The minimum atomic E-state index is -1.32. The number of hydrogen-bond acceptors (Lipinski definition) is 3. The quantitative estimate of drug-likeness (QED) is 0.576. The van der Waals surface area contributed by atoms with Crippen molar-refractivity contribution in [2.45, 2.75) is 19.0 Å².